The van der Waals surface area contributed by atoms with Gasteiger partial charge in [0.25, 0.3) is 0 Å². The molecule has 3 heterocycles. The molecule has 2 saturated heterocycles. The van der Waals surface area contributed by atoms with E-state index in [1.807, 2.05) is 38.1 Å². The van der Waals surface area contributed by atoms with Crippen molar-refractivity contribution in [2.75, 3.05) is 10.2 Å². The summed E-state index contributed by atoms with van der Waals surface area (Å²) >= 11 is 3.38. The van der Waals surface area contributed by atoms with Crippen LogP contribution in [0.3, 0.4) is 0 Å². The minimum absolute atomic E-state index is 0.0732. The Kier molecular flexibility index (Phi) is 3.98. The van der Waals surface area contributed by atoms with E-state index in [9.17, 15) is 14.4 Å². The number of amides is 3. The molecule has 5 rings (SSSR count). The van der Waals surface area contributed by atoms with E-state index in [-0.39, 0.29) is 29.7 Å². The third-order valence-electron chi connectivity index (χ3n) is 6.36. The van der Waals surface area contributed by atoms with Gasteiger partial charge < -0.3 is 5.32 Å². The zero-order chi connectivity index (χ0) is 20.5. The lowest BCUT2D eigenvalue weighted by molar-refractivity contribution is -0.130. The molecule has 29 heavy (non-hydrogen) atoms. The maximum Gasteiger partial charge on any atom is 0.250 e. The highest BCUT2D eigenvalue weighted by molar-refractivity contribution is 9.10. The summed E-state index contributed by atoms with van der Waals surface area (Å²) in [4.78, 5) is 41.6. The summed E-state index contributed by atoms with van der Waals surface area (Å²) < 4.78 is 0.864. The van der Waals surface area contributed by atoms with Crippen molar-refractivity contribution < 1.29 is 14.4 Å². The predicted molar refractivity (Wildman–Crippen MR) is 112 cm³/mol. The van der Waals surface area contributed by atoms with Gasteiger partial charge in [0.2, 0.25) is 17.7 Å². The Morgan fingerprint density at radius 2 is 1.69 bits per heavy atom. The average molecular weight is 454 g/mol. The third kappa shape index (κ3) is 2.34. The molecular weight excluding hydrogens is 434 g/mol. The van der Waals surface area contributed by atoms with E-state index in [0.717, 1.165) is 10.0 Å². The molecule has 2 aromatic carbocycles. The molecule has 7 heteroatoms. The molecule has 2 fully saturated rings. The number of anilines is 2. The molecule has 0 bridgehead atoms. The van der Waals surface area contributed by atoms with Crippen molar-refractivity contribution in [2.45, 2.75) is 25.4 Å². The van der Waals surface area contributed by atoms with Crippen molar-refractivity contribution in [2.24, 2.45) is 17.8 Å². The number of hydrogen-bond donors (Lipinski definition) is 2. The van der Waals surface area contributed by atoms with Crippen molar-refractivity contribution >= 4 is 45.0 Å². The SMILES string of the molecule is CC(C)[C@H]1N[C@]2(C(=O)Nc3ccccc32)[C@@H]2C(=O)N(c3ccc(Br)cc3)C(=O)[C@H]12. The van der Waals surface area contributed by atoms with Crippen molar-refractivity contribution in [3.05, 3.63) is 58.6 Å². The van der Waals surface area contributed by atoms with Gasteiger partial charge in [-0.1, -0.05) is 48.0 Å². The van der Waals surface area contributed by atoms with Gasteiger partial charge in [0.05, 0.1) is 17.5 Å². The number of hydrogen-bond acceptors (Lipinski definition) is 4. The number of carbonyl (C=O) groups excluding carboxylic acids is 3. The Balaban J connectivity index is 1.68. The van der Waals surface area contributed by atoms with Crippen LogP contribution in [0.4, 0.5) is 11.4 Å². The van der Waals surface area contributed by atoms with Crippen LogP contribution in [-0.4, -0.2) is 23.8 Å². The highest BCUT2D eigenvalue weighted by atomic mass is 79.9. The average Bonchev–Trinajstić information content (AvgIpc) is 3.28. The van der Waals surface area contributed by atoms with Crippen molar-refractivity contribution in [3.8, 4) is 0 Å². The molecule has 6 nitrogen and oxygen atoms in total. The van der Waals surface area contributed by atoms with Crippen molar-refractivity contribution in [1.29, 1.82) is 0 Å². The highest BCUT2D eigenvalue weighted by Gasteiger charge is 2.70. The molecular formula is C22H20BrN3O3. The molecule has 3 aliphatic rings. The molecule has 3 amide bonds. The van der Waals surface area contributed by atoms with Crippen LogP contribution >= 0.6 is 15.9 Å². The van der Waals surface area contributed by atoms with Gasteiger partial charge in [-0.15, -0.1) is 0 Å². The molecule has 0 saturated carbocycles. The van der Waals surface area contributed by atoms with Gasteiger partial charge in [-0.25, -0.2) is 4.90 Å². The zero-order valence-electron chi connectivity index (χ0n) is 16.0. The molecule has 0 unspecified atom stereocenters. The molecule has 148 valence electrons. The van der Waals surface area contributed by atoms with E-state index < -0.39 is 17.4 Å². The van der Waals surface area contributed by atoms with E-state index >= 15 is 0 Å². The van der Waals surface area contributed by atoms with Crippen LogP contribution in [0.1, 0.15) is 19.4 Å². The first kappa shape index (κ1) is 18.5. The molecule has 0 aliphatic carbocycles. The lowest BCUT2D eigenvalue weighted by atomic mass is 9.76. The lowest BCUT2D eigenvalue weighted by Gasteiger charge is -2.30. The Morgan fingerprint density at radius 3 is 2.38 bits per heavy atom. The quantitative estimate of drug-likeness (QED) is 0.684. The van der Waals surface area contributed by atoms with Gasteiger partial charge >= 0.3 is 0 Å². The first-order chi connectivity index (χ1) is 13.9. The Morgan fingerprint density at radius 1 is 1.00 bits per heavy atom. The van der Waals surface area contributed by atoms with E-state index in [0.29, 0.717) is 11.4 Å². The molecule has 3 aliphatic heterocycles. The largest absolute Gasteiger partial charge is 0.324 e. The zero-order valence-corrected chi connectivity index (χ0v) is 17.6. The topological polar surface area (TPSA) is 78.5 Å². The summed E-state index contributed by atoms with van der Waals surface area (Å²) in [5.74, 6) is -2.15. The molecule has 0 radical (unpaired) electrons. The first-order valence-electron chi connectivity index (χ1n) is 9.68. The molecule has 4 atom stereocenters. The number of benzene rings is 2. The van der Waals surface area contributed by atoms with Crippen LogP contribution in [0, 0.1) is 17.8 Å². The van der Waals surface area contributed by atoms with Crippen LogP contribution in [0.15, 0.2) is 53.0 Å². The number of imide groups is 1. The number of fused-ring (bicyclic) bond motifs is 4. The van der Waals surface area contributed by atoms with Crippen LogP contribution < -0.4 is 15.5 Å². The summed E-state index contributed by atoms with van der Waals surface area (Å²) in [6, 6.07) is 14.2. The third-order valence-corrected chi connectivity index (χ3v) is 6.89. The highest BCUT2D eigenvalue weighted by Crippen LogP contribution is 2.54. The number of carbonyl (C=O) groups is 3. The van der Waals surface area contributed by atoms with Gasteiger partial charge in [0, 0.05) is 21.8 Å². The van der Waals surface area contributed by atoms with E-state index in [1.54, 1.807) is 24.3 Å². The summed E-state index contributed by atoms with van der Waals surface area (Å²) in [6.07, 6.45) is 0. The van der Waals surface area contributed by atoms with Crippen LogP contribution in [0.25, 0.3) is 0 Å². The number of nitrogens with zero attached hydrogens (tertiary/aromatic N) is 1. The normalized spacial score (nSPS) is 30.3. The number of rotatable bonds is 2. The van der Waals surface area contributed by atoms with Crippen molar-refractivity contribution in [3.63, 3.8) is 0 Å². The maximum atomic E-state index is 13.6. The number of nitrogens with one attached hydrogen (secondary N) is 2. The smallest absolute Gasteiger partial charge is 0.250 e. The van der Waals surface area contributed by atoms with Gasteiger partial charge in [0.15, 0.2) is 0 Å². The summed E-state index contributed by atoms with van der Waals surface area (Å²) in [5, 5.41) is 6.34. The fraction of sp³-hybridized carbons (Fsp3) is 0.318. The number of halogens is 1. The minimum Gasteiger partial charge on any atom is -0.324 e. The monoisotopic (exact) mass is 453 g/mol. The fourth-order valence-corrected chi connectivity index (χ4v) is 5.37. The summed E-state index contributed by atoms with van der Waals surface area (Å²) in [7, 11) is 0. The van der Waals surface area contributed by atoms with Crippen LogP contribution in [0.2, 0.25) is 0 Å². The molecule has 2 N–H and O–H groups in total. The Labute approximate surface area is 176 Å². The summed E-state index contributed by atoms with van der Waals surface area (Å²) in [6.45, 7) is 4.01. The predicted octanol–water partition coefficient (Wildman–Crippen LogP) is 3.03. The van der Waals surface area contributed by atoms with Gasteiger partial charge in [0.1, 0.15) is 5.54 Å². The molecule has 2 aromatic rings. The second-order valence-corrected chi connectivity index (χ2v) is 9.13. The fourth-order valence-electron chi connectivity index (χ4n) is 5.11. The molecule has 1 spiro atoms. The number of para-hydroxylation sites is 1. The minimum atomic E-state index is -1.23. The van der Waals surface area contributed by atoms with Crippen molar-refractivity contribution in [1.82, 2.24) is 5.32 Å². The maximum absolute atomic E-state index is 13.6. The second kappa shape index (κ2) is 6.24. The van der Waals surface area contributed by atoms with Gasteiger partial charge in [-0.05, 0) is 36.2 Å². The standard InChI is InChI=1S/C22H20BrN3O3/c1-11(2)18-16-17(20(28)26(19(16)27)13-9-7-12(23)8-10-13)22(25-18)14-5-3-4-6-15(14)24-21(22)29/h3-11,16-18,25H,1-2H3,(H,24,29)/t16-,17-,18+,22-/m0/s1. The lowest BCUT2D eigenvalue weighted by Crippen LogP contribution is -2.54. The van der Waals surface area contributed by atoms with Crippen LogP contribution in [0.5, 0.6) is 0 Å². The van der Waals surface area contributed by atoms with Crippen LogP contribution in [-0.2, 0) is 19.9 Å². The van der Waals surface area contributed by atoms with E-state index in [4.69, 9.17) is 0 Å². The summed E-state index contributed by atoms with van der Waals surface area (Å²) in [5.41, 5.74) is 0.729. The van der Waals surface area contributed by atoms with E-state index in [1.165, 1.54) is 4.90 Å². The van der Waals surface area contributed by atoms with Gasteiger partial charge in [-0.3, -0.25) is 19.7 Å². The first-order valence-corrected chi connectivity index (χ1v) is 10.5. The Bertz CT molecular complexity index is 1050. The second-order valence-electron chi connectivity index (χ2n) is 8.21. The van der Waals surface area contributed by atoms with Gasteiger partial charge in [-0.2, -0.15) is 0 Å². The Hall–Kier alpha value is -2.51. The van der Waals surface area contributed by atoms with E-state index in [2.05, 4.69) is 26.6 Å². The molecule has 0 aromatic heterocycles.